The number of carbonyl (C=O) groups is 1. The molecule has 0 spiro atoms. The Labute approximate surface area is 156 Å². The molecule has 0 aliphatic heterocycles. The third-order valence-electron chi connectivity index (χ3n) is 3.70. The molecule has 0 saturated carbocycles. The third-order valence-corrected chi connectivity index (χ3v) is 3.93. The Morgan fingerprint density at radius 2 is 1.77 bits per heavy atom. The Hall–Kier alpha value is -3.29. The Balaban J connectivity index is 1.76. The Morgan fingerprint density at radius 3 is 2.46 bits per heavy atom. The van der Waals surface area contributed by atoms with Crippen molar-refractivity contribution in [1.29, 1.82) is 5.26 Å². The van der Waals surface area contributed by atoms with Crippen LogP contribution in [0, 0.1) is 11.3 Å². The van der Waals surface area contributed by atoms with Crippen molar-refractivity contribution in [3.63, 3.8) is 0 Å². The number of ether oxygens (including phenoxy) is 1. The molecule has 0 atom stereocenters. The van der Waals surface area contributed by atoms with Gasteiger partial charge in [0.15, 0.2) is 0 Å². The zero-order chi connectivity index (χ0) is 18.4. The maximum Gasteiger partial charge on any atom is 0.259 e. The van der Waals surface area contributed by atoms with Gasteiger partial charge in [-0.1, -0.05) is 41.9 Å². The average Bonchev–Trinajstić information content (AvgIpc) is 2.68. The quantitative estimate of drug-likeness (QED) is 0.691. The van der Waals surface area contributed by atoms with E-state index >= 15 is 0 Å². The lowest BCUT2D eigenvalue weighted by Crippen LogP contribution is -2.13. The van der Waals surface area contributed by atoms with Gasteiger partial charge in [0.25, 0.3) is 5.91 Å². The van der Waals surface area contributed by atoms with E-state index in [4.69, 9.17) is 21.6 Å². The molecule has 128 valence electrons. The second-order valence-corrected chi connectivity index (χ2v) is 5.99. The van der Waals surface area contributed by atoms with Gasteiger partial charge in [-0.05, 0) is 48.0 Å². The van der Waals surface area contributed by atoms with E-state index in [2.05, 4.69) is 11.4 Å². The standard InChI is InChI=1S/C21H15ClN2O2/c22-17-10-11-20(26-14-16-8-6-15(13-23)7-9-16)19(12-17)21(25)24-18-4-2-1-3-5-18/h1-12H,14H2,(H,24,25). The normalized spacial score (nSPS) is 10.0. The molecule has 0 aromatic heterocycles. The minimum atomic E-state index is -0.298. The van der Waals surface area contributed by atoms with Gasteiger partial charge >= 0.3 is 0 Å². The maximum absolute atomic E-state index is 12.6. The van der Waals surface area contributed by atoms with E-state index < -0.39 is 0 Å². The zero-order valence-electron chi connectivity index (χ0n) is 13.8. The second-order valence-electron chi connectivity index (χ2n) is 5.56. The number of nitrogens with zero attached hydrogens (tertiary/aromatic N) is 1. The number of benzene rings is 3. The minimum absolute atomic E-state index is 0.277. The minimum Gasteiger partial charge on any atom is -0.488 e. The summed E-state index contributed by atoms with van der Waals surface area (Å²) >= 11 is 6.05. The molecule has 0 aliphatic carbocycles. The van der Waals surface area contributed by atoms with Crippen LogP contribution in [0.1, 0.15) is 21.5 Å². The highest BCUT2D eigenvalue weighted by molar-refractivity contribution is 6.31. The molecule has 0 unspecified atom stereocenters. The summed E-state index contributed by atoms with van der Waals surface area (Å²) in [5.41, 5.74) is 2.53. The maximum atomic E-state index is 12.6. The van der Waals surface area contributed by atoms with Gasteiger partial charge in [0.1, 0.15) is 12.4 Å². The third kappa shape index (κ3) is 4.41. The molecule has 4 nitrogen and oxygen atoms in total. The van der Waals surface area contributed by atoms with Crippen molar-refractivity contribution in [2.45, 2.75) is 6.61 Å². The highest BCUT2D eigenvalue weighted by Crippen LogP contribution is 2.25. The molecular formula is C21H15ClN2O2. The molecule has 1 N–H and O–H groups in total. The SMILES string of the molecule is N#Cc1ccc(COc2ccc(Cl)cc2C(=O)Nc2ccccc2)cc1. The first kappa shape index (κ1) is 17.5. The number of carbonyl (C=O) groups excluding carboxylic acids is 1. The van der Waals surface area contributed by atoms with Crippen molar-refractivity contribution in [2.75, 3.05) is 5.32 Å². The predicted molar refractivity (Wildman–Crippen MR) is 101 cm³/mol. The first-order valence-electron chi connectivity index (χ1n) is 7.93. The summed E-state index contributed by atoms with van der Waals surface area (Å²) in [6.45, 7) is 0.277. The molecule has 5 heteroatoms. The first-order chi connectivity index (χ1) is 12.7. The summed E-state index contributed by atoms with van der Waals surface area (Å²) < 4.78 is 5.81. The van der Waals surface area contributed by atoms with E-state index in [0.717, 1.165) is 5.56 Å². The van der Waals surface area contributed by atoms with Gasteiger partial charge < -0.3 is 10.1 Å². The van der Waals surface area contributed by atoms with Gasteiger partial charge in [-0.3, -0.25) is 4.79 Å². The van der Waals surface area contributed by atoms with Crippen molar-refractivity contribution in [1.82, 2.24) is 0 Å². The molecule has 0 bridgehead atoms. The lowest BCUT2D eigenvalue weighted by molar-refractivity contribution is 0.102. The van der Waals surface area contributed by atoms with Crippen molar-refractivity contribution < 1.29 is 9.53 Å². The Kier molecular flexibility index (Phi) is 5.52. The molecule has 0 saturated heterocycles. The van der Waals surface area contributed by atoms with Crippen molar-refractivity contribution >= 4 is 23.2 Å². The summed E-state index contributed by atoms with van der Waals surface area (Å²) in [7, 11) is 0. The average molecular weight is 363 g/mol. The van der Waals surface area contributed by atoms with E-state index in [0.29, 0.717) is 27.6 Å². The number of amides is 1. The molecule has 0 heterocycles. The fraction of sp³-hybridized carbons (Fsp3) is 0.0476. The smallest absolute Gasteiger partial charge is 0.259 e. The number of para-hydroxylation sites is 1. The van der Waals surface area contributed by atoms with Crippen molar-refractivity contribution in [3.8, 4) is 11.8 Å². The van der Waals surface area contributed by atoms with E-state index in [9.17, 15) is 4.79 Å². The van der Waals surface area contributed by atoms with E-state index in [1.165, 1.54) is 0 Å². The summed E-state index contributed by atoms with van der Waals surface area (Å²) in [6.07, 6.45) is 0. The van der Waals surface area contributed by atoms with Gasteiger partial charge in [-0.2, -0.15) is 5.26 Å². The number of nitrogens with one attached hydrogen (secondary N) is 1. The number of anilines is 1. The lowest BCUT2D eigenvalue weighted by atomic mass is 10.1. The first-order valence-corrected chi connectivity index (χ1v) is 8.31. The number of hydrogen-bond donors (Lipinski definition) is 1. The fourth-order valence-electron chi connectivity index (χ4n) is 2.36. The molecule has 26 heavy (non-hydrogen) atoms. The van der Waals surface area contributed by atoms with Crippen LogP contribution in [0.15, 0.2) is 72.8 Å². The summed E-state index contributed by atoms with van der Waals surface area (Å²) in [6, 6.07) is 23.3. The topological polar surface area (TPSA) is 62.1 Å². The van der Waals surface area contributed by atoms with Crippen LogP contribution in [0.2, 0.25) is 5.02 Å². The van der Waals surface area contributed by atoms with Crippen LogP contribution in [0.4, 0.5) is 5.69 Å². The van der Waals surface area contributed by atoms with Crippen LogP contribution in [0.25, 0.3) is 0 Å². The molecule has 3 rings (SSSR count). The molecular weight excluding hydrogens is 348 g/mol. The van der Waals surface area contributed by atoms with Crippen LogP contribution in [0.3, 0.4) is 0 Å². The molecule has 0 fully saturated rings. The van der Waals surface area contributed by atoms with Crippen LogP contribution < -0.4 is 10.1 Å². The second kappa shape index (κ2) is 8.19. The number of hydrogen-bond acceptors (Lipinski definition) is 3. The Morgan fingerprint density at radius 1 is 1.04 bits per heavy atom. The van der Waals surface area contributed by atoms with Crippen LogP contribution in [-0.2, 0) is 6.61 Å². The van der Waals surface area contributed by atoms with Gasteiger partial charge in [-0.15, -0.1) is 0 Å². The summed E-state index contributed by atoms with van der Waals surface area (Å²) in [5.74, 6) is 0.140. The molecule has 3 aromatic rings. The van der Waals surface area contributed by atoms with Crippen molar-refractivity contribution in [3.05, 3.63) is 94.5 Å². The number of nitriles is 1. The Bertz CT molecular complexity index is 948. The van der Waals surface area contributed by atoms with E-state index in [1.807, 2.05) is 30.3 Å². The van der Waals surface area contributed by atoms with Crippen LogP contribution in [0.5, 0.6) is 5.75 Å². The summed E-state index contributed by atoms with van der Waals surface area (Å²) in [4.78, 5) is 12.6. The van der Waals surface area contributed by atoms with E-state index in [1.54, 1.807) is 42.5 Å². The molecule has 1 amide bonds. The van der Waals surface area contributed by atoms with E-state index in [-0.39, 0.29) is 12.5 Å². The molecule has 0 radical (unpaired) electrons. The number of halogens is 1. The number of rotatable bonds is 5. The van der Waals surface area contributed by atoms with Gasteiger partial charge in [-0.25, -0.2) is 0 Å². The highest BCUT2D eigenvalue weighted by atomic mass is 35.5. The van der Waals surface area contributed by atoms with Crippen molar-refractivity contribution in [2.24, 2.45) is 0 Å². The van der Waals surface area contributed by atoms with Gasteiger partial charge in [0.05, 0.1) is 17.2 Å². The lowest BCUT2D eigenvalue weighted by Gasteiger charge is -2.12. The molecule has 0 aliphatic rings. The predicted octanol–water partition coefficient (Wildman–Crippen LogP) is 5.04. The largest absolute Gasteiger partial charge is 0.488 e. The highest BCUT2D eigenvalue weighted by Gasteiger charge is 2.14. The van der Waals surface area contributed by atoms with Gasteiger partial charge in [0.2, 0.25) is 0 Å². The fourth-order valence-corrected chi connectivity index (χ4v) is 2.53. The van der Waals surface area contributed by atoms with Gasteiger partial charge in [0, 0.05) is 10.7 Å². The zero-order valence-corrected chi connectivity index (χ0v) is 14.5. The van der Waals surface area contributed by atoms with Crippen LogP contribution in [-0.4, -0.2) is 5.91 Å². The molecule has 3 aromatic carbocycles. The van der Waals surface area contributed by atoms with Crippen LogP contribution >= 0.6 is 11.6 Å². The summed E-state index contributed by atoms with van der Waals surface area (Å²) in [5, 5.41) is 12.1. The monoisotopic (exact) mass is 362 g/mol.